The molecule has 20 heavy (non-hydrogen) atoms. The molecule has 2 N–H and O–H groups in total. The first-order valence-electron chi connectivity index (χ1n) is 6.40. The van der Waals surface area contributed by atoms with Gasteiger partial charge in [-0.1, -0.05) is 24.3 Å². The minimum atomic E-state index is -0.490. The van der Waals surface area contributed by atoms with Crippen molar-refractivity contribution in [3.05, 3.63) is 70.8 Å². The second-order valence-electron chi connectivity index (χ2n) is 4.92. The zero-order chi connectivity index (χ0) is 14.1. The Morgan fingerprint density at radius 1 is 0.800 bits per heavy atom. The topological polar surface area (TPSA) is 63.4 Å². The van der Waals surface area contributed by atoms with Crippen molar-refractivity contribution in [2.24, 2.45) is 5.73 Å². The fraction of sp³-hybridized carbons (Fsp3) is 0.125. The van der Waals surface area contributed by atoms with Crippen molar-refractivity contribution in [2.45, 2.75) is 13.1 Å². The molecule has 2 aromatic carbocycles. The number of benzene rings is 2. The summed E-state index contributed by atoms with van der Waals surface area (Å²) in [5.41, 5.74) is 8.40. The number of carbonyl (C=O) groups is 2. The van der Waals surface area contributed by atoms with Gasteiger partial charge in [-0.2, -0.15) is 0 Å². The first kappa shape index (κ1) is 12.4. The Morgan fingerprint density at radius 2 is 1.25 bits per heavy atom. The highest BCUT2D eigenvalue weighted by atomic mass is 16.2. The number of nitrogens with two attached hydrogens (primary N) is 1. The predicted molar refractivity (Wildman–Crippen MR) is 75.0 cm³/mol. The maximum Gasteiger partial charge on any atom is 0.254 e. The Labute approximate surface area is 116 Å². The molecule has 0 aromatic heterocycles. The summed E-state index contributed by atoms with van der Waals surface area (Å²) in [6.07, 6.45) is 0. The summed E-state index contributed by atoms with van der Waals surface area (Å²) < 4.78 is 0. The quantitative estimate of drug-likeness (QED) is 0.902. The SMILES string of the molecule is NC(=O)c1ccc(C(=O)N2Cc3ccc(cc3)C2)cc1. The molecular weight excluding hydrogens is 252 g/mol. The summed E-state index contributed by atoms with van der Waals surface area (Å²) in [6, 6.07) is 14.6. The van der Waals surface area contributed by atoms with Gasteiger partial charge in [0.05, 0.1) is 0 Å². The van der Waals surface area contributed by atoms with Crippen LogP contribution in [0, 0.1) is 0 Å². The molecule has 0 radical (unpaired) electrons. The van der Waals surface area contributed by atoms with E-state index in [2.05, 4.69) is 0 Å². The predicted octanol–water partition coefficient (Wildman–Crippen LogP) is 1.94. The summed E-state index contributed by atoms with van der Waals surface area (Å²) in [6.45, 7) is 1.21. The van der Waals surface area contributed by atoms with Crippen LogP contribution in [0.15, 0.2) is 48.5 Å². The number of nitrogens with zero attached hydrogens (tertiary/aromatic N) is 1. The molecule has 0 saturated heterocycles. The fourth-order valence-electron chi connectivity index (χ4n) is 2.35. The molecule has 0 spiro atoms. The van der Waals surface area contributed by atoms with Gasteiger partial charge < -0.3 is 10.6 Å². The summed E-state index contributed by atoms with van der Waals surface area (Å²) in [5, 5.41) is 0. The van der Waals surface area contributed by atoms with Gasteiger partial charge >= 0.3 is 0 Å². The van der Waals surface area contributed by atoms with Crippen LogP contribution >= 0.6 is 0 Å². The van der Waals surface area contributed by atoms with Crippen LogP contribution in [-0.2, 0) is 13.1 Å². The third kappa shape index (κ3) is 2.28. The second kappa shape index (κ2) is 4.81. The molecule has 2 heterocycles. The Morgan fingerprint density at radius 3 is 1.70 bits per heavy atom. The molecule has 4 rings (SSSR count). The van der Waals surface area contributed by atoms with Crippen LogP contribution in [0.2, 0.25) is 0 Å². The highest BCUT2D eigenvalue weighted by Gasteiger charge is 2.19. The molecule has 0 aliphatic carbocycles. The number of hydrogen-bond donors (Lipinski definition) is 1. The number of primary amides is 1. The molecule has 2 aromatic rings. The van der Waals surface area contributed by atoms with Crippen molar-refractivity contribution in [1.29, 1.82) is 0 Å². The Hall–Kier alpha value is -2.62. The lowest BCUT2D eigenvalue weighted by molar-refractivity contribution is 0.0733. The molecule has 4 nitrogen and oxygen atoms in total. The fourth-order valence-corrected chi connectivity index (χ4v) is 2.35. The van der Waals surface area contributed by atoms with Crippen LogP contribution in [0.3, 0.4) is 0 Å². The first-order valence-corrected chi connectivity index (χ1v) is 6.40. The third-order valence-corrected chi connectivity index (χ3v) is 3.47. The molecule has 0 saturated carbocycles. The van der Waals surface area contributed by atoms with Crippen LogP contribution in [-0.4, -0.2) is 16.7 Å². The van der Waals surface area contributed by atoms with Crippen LogP contribution in [0.1, 0.15) is 31.8 Å². The number of hydrogen-bond acceptors (Lipinski definition) is 2. The van der Waals surface area contributed by atoms with E-state index >= 15 is 0 Å². The van der Waals surface area contributed by atoms with E-state index in [0.29, 0.717) is 24.2 Å². The van der Waals surface area contributed by atoms with Gasteiger partial charge in [0, 0.05) is 24.2 Å². The zero-order valence-electron chi connectivity index (χ0n) is 10.9. The van der Waals surface area contributed by atoms with E-state index in [1.54, 1.807) is 29.2 Å². The highest BCUT2D eigenvalue weighted by Crippen LogP contribution is 2.19. The average Bonchev–Trinajstić information content (AvgIpc) is 2.80. The van der Waals surface area contributed by atoms with E-state index in [9.17, 15) is 9.59 Å². The zero-order valence-corrected chi connectivity index (χ0v) is 10.9. The first-order chi connectivity index (χ1) is 9.63. The Kier molecular flexibility index (Phi) is 2.99. The summed E-state index contributed by atoms with van der Waals surface area (Å²) in [7, 11) is 0. The third-order valence-electron chi connectivity index (χ3n) is 3.47. The standard InChI is InChI=1S/C16H14N2O2/c17-15(19)13-5-7-14(8-6-13)16(20)18-9-11-1-2-12(10-18)4-3-11/h1-8H,9-10H2,(H2,17,19). The molecule has 2 amide bonds. The van der Waals surface area contributed by atoms with Crippen LogP contribution < -0.4 is 5.73 Å². The Bertz CT molecular complexity index is 635. The summed E-state index contributed by atoms with van der Waals surface area (Å²) in [4.78, 5) is 25.3. The van der Waals surface area contributed by atoms with Gasteiger partial charge in [-0.05, 0) is 35.4 Å². The van der Waals surface area contributed by atoms with Gasteiger partial charge in [0.15, 0.2) is 0 Å². The lowest BCUT2D eigenvalue weighted by atomic mass is 10.1. The van der Waals surface area contributed by atoms with Crippen molar-refractivity contribution in [3.63, 3.8) is 0 Å². The van der Waals surface area contributed by atoms with Crippen molar-refractivity contribution < 1.29 is 9.59 Å². The van der Waals surface area contributed by atoms with E-state index in [4.69, 9.17) is 5.73 Å². The Balaban J connectivity index is 1.83. The number of fused-ring (bicyclic) bond motifs is 4. The van der Waals surface area contributed by atoms with Gasteiger partial charge in [-0.25, -0.2) is 0 Å². The molecule has 0 fully saturated rings. The van der Waals surface area contributed by atoms with E-state index < -0.39 is 5.91 Å². The highest BCUT2D eigenvalue weighted by molar-refractivity contribution is 5.97. The number of rotatable bonds is 2. The van der Waals surface area contributed by atoms with Gasteiger partial charge in [-0.3, -0.25) is 9.59 Å². The molecule has 100 valence electrons. The average molecular weight is 266 g/mol. The lowest BCUT2D eigenvalue weighted by Crippen LogP contribution is -2.28. The summed E-state index contributed by atoms with van der Waals surface area (Å²) >= 11 is 0. The minimum absolute atomic E-state index is 0.0385. The van der Waals surface area contributed by atoms with Crippen molar-refractivity contribution in [3.8, 4) is 0 Å². The van der Waals surface area contributed by atoms with Gasteiger partial charge in [-0.15, -0.1) is 0 Å². The largest absolute Gasteiger partial charge is 0.366 e. The normalized spacial score (nSPS) is 13.1. The molecule has 2 aliphatic heterocycles. The molecule has 0 unspecified atom stereocenters. The molecule has 4 heteroatoms. The van der Waals surface area contributed by atoms with Crippen molar-refractivity contribution in [1.82, 2.24) is 4.90 Å². The van der Waals surface area contributed by atoms with Crippen LogP contribution in [0.5, 0.6) is 0 Å². The van der Waals surface area contributed by atoms with Gasteiger partial charge in [0.25, 0.3) is 5.91 Å². The van der Waals surface area contributed by atoms with Crippen LogP contribution in [0.4, 0.5) is 0 Å². The van der Waals surface area contributed by atoms with E-state index in [-0.39, 0.29) is 5.91 Å². The molecule has 2 bridgehead atoms. The number of carbonyl (C=O) groups excluding carboxylic acids is 2. The van der Waals surface area contributed by atoms with E-state index in [1.165, 1.54) is 0 Å². The van der Waals surface area contributed by atoms with Gasteiger partial charge in [0.1, 0.15) is 0 Å². The smallest absolute Gasteiger partial charge is 0.254 e. The van der Waals surface area contributed by atoms with Crippen molar-refractivity contribution in [2.75, 3.05) is 0 Å². The second-order valence-corrected chi connectivity index (χ2v) is 4.92. The molecule has 2 aliphatic rings. The molecule has 0 atom stereocenters. The summed E-state index contributed by atoms with van der Waals surface area (Å²) in [5.74, 6) is -0.528. The lowest BCUT2D eigenvalue weighted by Gasteiger charge is -2.20. The van der Waals surface area contributed by atoms with E-state index in [1.807, 2.05) is 24.3 Å². The van der Waals surface area contributed by atoms with Crippen LogP contribution in [0.25, 0.3) is 0 Å². The monoisotopic (exact) mass is 266 g/mol. The van der Waals surface area contributed by atoms with E-state index in [0.717, 1.165) is 11.1 Å². The maximum atomic E-state index is 12.5. The maximum absolute atomic E-state index is 12.5. The van der Waals surface area contributed by atoms with Crippen molar-refractivity contribution >= 4 is 11.8 Å². The van der Waals surface area contributed by atoms with Gasteiger partial charge in [0.2, 0.25) is 5.91 Å². The minimum Gasteiger partial charge on any atom is -0.366 e. The molecular formula is C16H14N2O2. The number of amides is 2.